The van der Waals surface area contributed by atoms with Gasteiger partial charge in [0.2, 0.25) is 0 Å². The first kappa shape index (κ1) is 20.9. The lowest BCUT2D eigenvalue weighted by molar-refractivity contribution is -0.143. The van der Waals surface area contributed by atoms with Crippen molar-refractivity contribution < 1.29 is 29.0 Å². The van der Waals surface area contributed by atoms with E-state index < -0.39 is 35.4 Å². The highest BCUT2D eigenvalue weighted by atomic mass is 127. The van der Waals surface area contributed by atoms with E-state index in [1.807, 2.05) is 22.6 Å². The van der Waals surface area contributed by atoms with Gasteiger partial charge in [-0.1, -0.05) is 22.6 Å². The van der Waals surface area contributed by atoms with Crippen molar-refractivity contribution in [3.63, 3.8) is 0 Å². The summed E-state index contributed by atoms with van der Waals surface area (Å²) in [6.07, 6.45) is -1.95. The van der Waals surface area contributed by atoms with Gasteiger partial charge in [-0.25, -0.2) is 14.4 Å². The number of nitrogens with zero attached hydrogens (tertiary/aromatic N) is 1. The molecule has 0 spiro atoms. The summed E-state index contributed by atoms with van der Waals surface area (Å²) in [7, 11) is 0. The molecule has 22 heavy (non-hydrogen) atoms. The van der Waals surface area contributed by atoms with Gasteiger partial charge < -0.3 is 14.6 Å². The number of amides is 2. The van der Waals surface area contributed by atoms with Crippen molar-refractivity contribution in [3.05, 3.63) is 0 Å². The third-order valence-electron chi connectivity index (χ3n) is 2.16. The first-order valence-electron chi connectivity index (χ1n) is 6.82. The van der Waals surface area contributed by atoms with Crippen LogP contribution in [0.3, 0.4) is 0 Å². The van der Waals surface area contributed by atoms with E-state index in [4.69, 9.17) is 9.47 Å². The lowest BCUT2D eigenvalue weighted by Crippen LogP contribution is -2.52. The Morgan fingerprint density at radius 3 is 1.59 bits per heavy atom. The van der Waals surface area contributed by atoms with Crippen LogP contribution < -0.4 is 0 Å². The Kier molecular flexibility index (Phi) is 7.60. The molecule has 0 aliphatic carbocycles. The molecule has 0 aromatic heterocycles. The number of aliphatic carboxylic acids is 1. The van der Waals surface area contributed by atoms with E-state index in [1.165, 1.54) is 0 Å². The van der Waals surface area contributed by atoms with E-state index in [2.05, 4.69) is 0 Å². The van der Waals surface area contributed by atoms with Crippen LogP contribution in [0.4, 0.5) is 9.59 Å². The fourth-order valence-corrected chi connectivity index (χ4v) is 2.01. The molecule has 0 heterocycles. The standard InChI is InChI=1S/C14H24INO6/c1-13(2,3)21-11(19)16(9(7-8-15)10(17)18)12(20)22-14(4,5)6/h9H,7-8H2,1-6H3,(H,17,18)/t9-/m0/s1. The fraction of sp³-hybridized carbons (Fsp3) is 0.786. The van der Waals surface area contributed by atoms with E-state index in [0.29, 0.717) is 9.33 Å². The smallest absolute Gasteiger partial charge is 0.420 e. The highest BCUT2D eigenvalue weighted by molar-refractivity contribution is 14.1. The number of rotatable bonds is 4. The van der Waals surface area contributed by atoms with Gasteiger partial charge in [0, 0.05) is 4.43 Å². The summed E-state index contributed by atoms with van der Waals surface area (Å²) >= 11 is 1.98. The maximum atomic E-state index is 12.2. The molecule has 0 bridgehead atoms. The second kappa shape index (κ2) is 7.98. The summed E-state index contributed by atoms with van der Waals surface area (Å²) in [6.45, 7) is 9.79. The van der Waals surface area contributed by atoms with E-state index in [1.54, 1.807) is 41.5 Å². The molecular formula is C14H24INO6. The zero-order chi connectivity index (χ0) is 17.7. The minimum Gasteiger partial charge on any atom is -0.480 e. The molecule has 7 nitrogen and oxygen atoms in total. The predicted molar refractivity (Wildman–Crippen MR) is 89.2 cm³/mol. The van der Waals surface area contributed by atoms with Gasteiger partial charge in [0.1, 0.15) is 17.2 Å². The molecule has 0 saturated heterocycles. The van der Waals surface area contributed by atoms with Crippen molar-refractivity contribution in [3.8, 4) is 0 Å². The molecule has 8 heteroatoms. The van der Waals surface area contributed by atoms with Gasteiger partial charge in [-0.3, -0.25) is 0 Å². The van der Waals surface area contributed by atoms with Crippen LogP contribution in [-0.4, -0.2) is 49.8 Å². The molecule has 0 rings (SSSR count). The van der Waals surface area contributed by atoms with Crippen LogP contribution in [0.5, 0.6) is 0 Å². The maximum absolute atomic E-state index is 12.2. The van der Waals surface area contributed by atoms with Gasteiger partial charge in [-0.05, 0) is 48.0 Å². The summed E-state index contributed by atoms with van der Waals surface area (Å²) in [5.74, 6) is -1.28. The van der Waals surface area contributed by atoms with Crippen molar-refractivity contribution in [2.75, 3.05) is 4.43 Å². The molecule has 0 fully saturated rings. The minimum atomic E-state index is -1.33. The number of carbonyl (C=O) groups excluding carboxylic acids is 2. The van der Waals surface area contributed by atoms with E-state index in [-0.39, 0.29) is 6.42 Å². The third-order valence-corrected chi connectivity index (χ3v) is 2.78. The van der Waals surface area contributed by atoms with Crippen molar-refractivity contribution in [1.29, 1.82) is 0 Å². The van der Waals surface area contributed by atoms with Gasteiger partial charge >= 0.3 is 18.2 Å². The molecular weight excluding hydrogens is 405 g/mol. The zero-order valence-corrected chi connectivity index (χ0v) is 16.0. The summed E-state index contributed by atoms with van der Waals surface area (Å²) in [5, 5.41) is 9.31. The molecule has 0 aromatic rings. The highest BCUT2D eigenvalue weighted by Gasteiger charge is 2.39. The number of hydrogen-bond donors (Lipinski definition) is 1. The van der Waals surface area contributed by atoms with Crippen LogP contribution in [-0.2, 0) is 14.3 Å². The Hall–Kier alpha value is -1.06. The van der Waals surface area contributed by atoms with Crippen LogP contribution in [0, 0.1) is 0 Å². The Bertz CT molecular complexity index is 396. The number of imide groups is 1. The zero-order valence-electron chi connectivity index (χ0n) is 13.8. The second-order valence-corrected chi connectivity index (χ2v) is 7.74. The number of carbonyl (C=O) groups is 3. The minimum absolute atomic E-state index is 0.106. The maximum Gasteiger partial charge on any atom is 0.420 e. The van der Waals surface area contributed by atoms with Crippen molar-refractivity contribution >= 4 is 40.7 Å². The predicted octanol–water partition coefficient (Wildman–Crippen LogP) is 3.44. The van der Waals surface area contributed by atoms with Crippen LogP contribution in [0.1, 0.15) is 48.0 Å². The lowest BCUT2D eigenvalue weighted by Gasteiger charge is -2.31. The van der Waals surface area contributed by atoms with Crippen LogP contribution in [0.2, 0.25) is 0 Å². The molecule has 1 atom stereocenters. The van der Waals surface area contributed by atoms with Gasteiger partial charge in [0.15, 0.2) is 0 Å². The number of ether oxygens (including phenoxy) is 2. The number of alkyl halides is 1. The van der Waals surface area contributed by atoms with Crippen LogP contribution in [0.25, 0.3) is 0 Å². The second-order valence-electron chi connectivity index (χ2n) is 6.66. The Morgan fingerprint density at radius 1 is 1.00 bits per heavy atom. The van der Waals surface area contributed by atoms with Crippen molar-refractivity contribution in [2.45, 2.75) is 65.2 Å². The molecule has 0 aliphatic rings. The van der Waals surface area contributed by atoms with Gasteiger partial charge in [-0.15, -0.1) is 0 Å². The van der Waals surface area contributed by atoms with E-state index in [0.717, 1.165) is 0 Å². The SMILES string of the molecule is CC(C)(C)OC(=O)N(C(=O)OC(C)(C)C)[C@@H](CCI)C(=O)O. The first-order chi connectivity index (χ1) is 9.78. The molecule has 128 valence electrons. The van der Waals surface area contributed by atoms with Gasteiger partial charge in [0.25, 0.3) is 0 Å². The van der Waals surface area contributed by atoms with Crippen LogP contribution in [0.15, 0.2) is 0 Å². The summed E-state index contributed by atoms with van der Waals surface area (Å²) in [6, 6.07) is -1.33. The highest BCUT2D eigenvalue weighted by Crippen LogP contribution is 2.18. The van der Waals surface area contributed by atoms with E-state index in [9.17, 15) is 19.5 Å². The molecule has 0 aliphatic heterocycles. The Labute approximate surface area is 144 Å². The normalized spacial score (nSPS) is 13.2. The third kappa shape index (κ3) is 7.81. The molecule has 0 radical (unpaired) electrons. The quantitative estimate of drug-likeness (QED) is 0.544. The molecule has 2 amide bonds. The number of halogens is 1. The summed E-state index contributed by atoms with van der Waals surface area (Å²) in [4.78, 5) is 36.4. The lowest BCUT2D eigenvalue weighted by atomic mass is 10.2. The molecule has 0 aromatic carbocycles. The largest absolute Gasteiger partial charge is 0.480 e. The average Bonchev–Trinajstić information content (AvgIpc) is 2.22. The number of carboxylic acid groups (broad SMARTS) is 1. The van der Waals surface area contributed by atoms with Crippen molar-refractivity contribution in [2.24, 2.45) is 0 Å². The molecule has 1 N–H and O–H groups in total. The molecule has 0 saturated carbocycles. The Balaban J connectivity index is 5.50. The van der Waals surface area contributed by atoms with Gasteiger partial charge in [0.05, 0.1) is 0 Å². The van der Waals surface area contributed by atoms with Crippen molar-refractivity contribution in [1.82, 2.24) is 4.90 Å². The topological polar surface area (TPSA) is 93.1 Å². The Morgan fingerprint density at radius 2 is 1.36 bits per heavy atom. The monoisotopic (exact) mass is 429 g/mol. The number of carboxylic acids is 1. The first-order valence-corrected chi connectivity index (χ1v) is 8.35. The average molecular weight is 429 g/mol. The summed E-state index contributed by atoms with van der Waals surface area (Å²) in [5.41, 5.74) is -1.71. The molecule has 0 unspecified atom stereocenters. The number of hydrogen-bond acceptors (Lipinski definition) is 5. The van der Waals surface area contributed by atoms with Crippen LogP contribution >= 0.6 is 22.6 Å². The fourth-order valence-electron chi connectivity index (χ4n) is 1.42. The summed E-state index contributed by atoms with van der Waals surface area (Å²) < 4.78 is 10.7. The van der Waals surface area contributed by atoms with Gasteiger partial charge in [-0.2, -0.15) is 4.90 Å². The van der Waals surface area contributed by atoms with E-state index >= 15 is 0 Å².